The summed E-state index contributed by atoms with van der Waals surface area (Å²) in [5, 5.41) is 0. The maximum atomic E-state index is 6.36. The van der Waals surface area contributed by atoms with Crippen LogP contribution in [0, 0.1) is 0 Å². The molecule has 0 fully saturated rings. The second kappa shape index (κ2) is 18.7. The molecule has 1 nitrogen and oxygen atoms in total. The van der Waals surface area contributed by atoms with Crippen LogP contribution in [0.1, 0.15) is 149 Å². The minimum atomic E-state index is 0.121. The standard InChI is InChI=1S/C24H51N/c1-4-7-8-9-10-11-12-13-14-15-16-17-18-19-20-21-22-23-24(25,5-2)6-3/h4-23,25H2,1-3H3. The summed E-state index contributed by atoms with van der Waals surface area (Å²) in [4.78, 5) is 0. The van der Waals surface area contributed by atoms with Crippen LogP contribution in [0.25, 0.3) is 0 Å². The van der Waals surface area contributed by atoms with Gasteiger partial charge in [0.2, 0.25) is 0 Å². The van der Waals surface area contributed by atoms with Crippen molar-refractivity contribution >= 4 is 0 Å². The topological polar surface area (TPSA) is 26.0 Å². The second-order valence-corrected chi connectivity index (χ2v) is 8.48. The first-order valence-corrected chi connectivity index (χ1v) is 12.0. The van der Waals surface area contributed by atoms with Crippen molar-refractivity contribution < 1.29 is 0 Å². The fourth-order valence-electron chi connectivity index (χ4n) is 3.81. The van der Waals surface area contributed by atoms with Gasteiger partial charge in [-0.3, -0.25) is 0 Å². The molecule has 0 heterocycles. The molecule has 0 aliphatic rings. The van der Waals surface area contributed by atoms with E-state index in [0.717, 1.165) is 12.8 Å². The molecule has 0 radical (unpaired) electrons. The average Bonchev–Trinajstić information content (AvgIpc) is 2.64. The molecule has 0 aliphatic heterocycles. The molecule has 0 bridgehead atoms. The summed E-state index contributed by atoms with van der Waals surface area (Å²) in [5.41, 5.74) is 6.48. The highest BCUT2D eigenvalue weighted by molar-refractivity contribution is 4.80. The summed E-state index contributed by atoms with van der Waals surface area (Å²) >= 11 is 0. The predicted molar refractivity (Wildman–Crippen MR) is 116 cm³/mol. The molecule has 0 atom stereocenters. The zero-order valence-electron chi connectivity index (χ0n) is 18.2. The van der Waals surface area contributed by atoms with Crippen LogP contribution in [0.4, 0.5) is 0 Å². The van der Waals surface area contributed by atoms with Crippen molar-refractivity contribution in [2.45, 2.75) is 155 Å². The SMILES string of the molecule is CCCCCCCCCCCCCCCCCCCC(N)(CC)CC. The third-order valence-corrected chi connectivity index (χ3v) is 6.19. The highest BCUT2D eigenvalue weighted by atomic mass is 14.7. The van der Waals surface area contributed by atoms with E-state index >= 15 is 0 Å². The third-order valence-electron chi connectivity index (χ3n) is 6.19. The number of nitrogens with two attached hydrogens (primary N) is 1. The maximum absolute atomic E-state index is 6.36. The summed E-state index contributed by atoms with van der Waals surface area (Å²) in [6, 6.07) is 0. The van der Waals surface area contributed by atoms with Gasteiger partial charge >= 0.3 is 0 Å². The molecule has 0 unspecified atom stereocenters. The van der Waals surface area contributed by atoms with Gasteiger partial charge in [-0.05, 0) is 19.3 Å². The van der Waals surface area contributed by atoms with Crippen LogP contribution in [0.3, 0.4) is 0 Å². The van der Waals surface area contributed by atoms with Crippen LogP contribution in [0.2, 0.25) is 0 Å². The Bertz CT molecular complexity index is 244. The van der Waals surface area contributed by atoms with E-state index < -0.39 is 0 Å². The molecule has 0 amide bonds. The van der Waals surface area contributed by atoms with Gasteiger partial charge in [0, 0.05) is 5.54 Å². The quantitative estimate of drug-likeness (QED) is 0.218. The van der Waals surface area contributed by atoms with Gasteiger partial charge in [-0.2, -0.15) is 0 Å². The van der Waals surface area contributed by atoms with Crippen LogP contribution < -0.4 is 5.73 Å². The van der Waals surface area contributed by atoms with E-state index in [9.17, 15) is 0 Å². The molecule has 0 aromatic carbocycles. The zero-order valence-corrected chi connectivity index (χ0v) is 18.2. The van der Waals surface area contributed by atoms with Gasteiger partial charge in [0.25, 0.3) is 0 Å². The Morgan fingerprint density at radius 1 is 0.440 bits per heavy atom. The molecule has 0 rings (SSSR count). The molecule has 0 aromatic rings. The highest BCUT2D eigenvalue weighted by Crippen LogP contribution is 2.20. The van der Waals surface area contributed by atoms with E-state index in [0.29, 0.717) is 0 Å². The number of rotatable bonds is 20. The van der Waals surface area contributed by atoms with Gasteiger partial charge in [-0.25, -0.2) is 0 Å². The molecule has 1 heteroatoms. The van der Waals surface area contributed by atoms with Gasteiger partial charge < -0.3 is 5.73 Å². The second-order valence-electron chi connectivity index (χ2n) is 8.48. The van der Waals surface area contributed by atoms with Crippen LogP contribution in [-0.4, -0.2) is 5.54 Å². The fraction of sp³-hybridized carbons (Fsp3) is 1.00. The Morgan fingerprint density at radius 2 is 0.720 bits per heavy atom. The molecule has 0 saturated heterocycles. The lowest BCUT2D eigenvalue weighted by molar-refractivity contribution is 0.350. The summed E-state index contributed by atoms with van der Waals surface area (Å²) in [6.07, 6.45) is 28.0. The van der Waals surface area contributed by atoms with Crippen molar-refractivity contribution in [2.75, 3.05) is 0 Å². The third kappa shape index (κ3) is 17.1. The lowest BCUT2D eigenvalue weighted by Gasteiger charge is -2.26. The molecular weight excluding hydrogens is 302 g/mol. The average molecular weight is 354 g/mol. The van der Waals surface area contributed by atoms with Crippen LogP contribution in [0.15, 0.2) is 0 Å². The number of unbranched alkanes of at least 4 members (excludes halogenated alkanes) is 16. The first-order chi connectivity index (χ1) is 12.2. The lowest BCUT2D eigenvalue weighted by atomic mass is 9.88. The largest absolute Gasteiger partial charge is 0.325 e. The Morgan fingerprint density at radius 3 is 1.00 bits per heavy atom. The van der Waals surface area contributed by atoms with Gasteiger partial charge in [0.1, 0.15) is 0 Å². The molecule has 0 aromatic heterocycles. The molecule has 0 spiro atoms. The minimum Gasteiger partial charge on any atom is -0.325 e. The fourth-order valence-corrected chi connectivity index (χ4v) is 3.81. The van der Waals surface area contributed by atoms with Gasteiger partial charge in [-0.15, -0.1) is 0 Å². The van der Waals surface area contributed by atoms with E-state index in [1.165, 1.54) is 116 Å². The lowest BCUT2D eigenvalue weighted by Crippen LogP contribution is -2.38. The first kappa shape index (κ1) is 25.0. The Labute approximate surface area is 160 Å². The van der Waals surface area contributed by atoms with Crippen molar-refractivity contribution in [3.63, 3.8) is 0 Å². The highest BCUT2D eigenvalue weighted by Gasteiger charge is 2.18. The summed E-state index contributed by atoms with van der Waals surface area (Å²) in [6.45, 7) is 6.76. The maximum Gasteiger partial charge on any atom is 0.0149 e. The Balaban J connectivity index is 3.12. The number of hydrogen-bond donors (Lipinski definition) is 1. The van der Waals surface area contributed by atoms with Gasteiger partial charge in [-0.1, -0.05) is 130 Å². The molecular formula is C24H51N. The Kier molecular flexibility index (Phi) is 18.7. The van der Waals surface area contributed by atoms with Crippen molar-refractivity contribution in [1.82, 2.24) is 0 Å². The van der Waals surface area contributed by atoms with Crippen molar-refractivity contribution in [2.24, 2.45) is 5.73 Å². The molecule has 25 heavy (non-hydrogen) atoms. The van der Waals surface area contributed by atoms with E-state index in [1.807, 2.05) is 0 Å². The van der Waals surface area contributed by atoms with Crippen molar-refractivity contribution in [3.05, 3.63) is 0 Å². The van der Waals surface area contributed by atoms with Gasteiger partial charge in [0.05, 0.1) is 0 Å². The first-order valence-electron chi connectivity index (χ1n) is 12.0. The molecule has 2 N–H and O–H groups in total. The zero-order chi connectivity index (χ0) is 18.6. The smallest absolute Gasteiger partial charge is 0.0149 e. The van der Waals surface area contributed by atoms with E-state index in [1.54, 1.807) is 0 Å². The molecule has 0 saturated carbocycles. The van der Waals surface area contributed by atoms with Crippen LogP contribution >= 0.6 is 0 Å². The monoisotopic (exact) mass is 353 g/mol. The van der Waals surface area contributed by atoms with E-state index in [-0.39, 0.29) is 5.54 Å². The van der Waals surface area contributed by atoms with Crippen LogP contribution in [-0.2, 0) is 0 Å². The predicted octanol–water partition coefficient (Wildman–Crippen LogP) is 8.55. The minimum absolute atomic E-state index is 0.121. The van der Waals surface area contributed by atoms with E-state index in [2.05, 4.69) is 20.8 Å². The normalized spacial score (nSPS) is 12.0. The summed E-state index contributed by atoms with van der Waals surface area (Å²) < 4.78 is 0. The summed E-state index contributed by atoms with van der Waals surface area (Å²) in [5.74, 6) is 0. The summed E-state index contributed by atoms with van der Waals surface area (Å²) in [7, 11) is 0. The molecule has 0 aliphatic carbocycles. The van der Waals surface area contributed by atoms with E-state index in [4.69, 9.17) is 5.73 Å². The Hall–Kier alpha value is -0.0400. The molecule has 152 valence electrons. The van der Waals surface area contributed by atoms with Crippen molar-refractivity contribution in [1.29, 1.82) is 0 Å². The van der Waals surface area contributed by atoms with Crippen LogP contribution in [0.5, 0.6) is 0 Å². The van der Waals surface area contributed by atoms with Crippen molar-refractivity contribution in [3.8, 4) is 0 Å². The van der Waals surface area contributed by atoms with Gasteiger partial charge in [0.15, 0.2) is 0 Å². The number of hydrogen-bond acceptors (Lipinski definition) is 1.